The number of halogens is 1. The molecule has 0 radical (unpaired) electrons. The normalized spacial score (nSPS) is 16.5. The van der Waals surface area contributed by atoms with Gasteiger partial charge in [-0.15, -0.1) is 0 Å². The van der Waals surface area contributed by atoms with Crippen LogP contribution in [0.15, 0.2) is 42.6 Å². The van der Waals surface area contributed by atoms with Gasteiger partial charge in [-0.25, -0.2) is 0 Å². The van der Waals surface area contributed by atoms with Crippen LogP contribution in [0.1, 0.15) is 32.0 Å². The molecule has 0 amide bonds. The average molecular weight is 316 g/mol. The lowest BCUT2D eigenvalue weighted by atomic mass is 9.98. The van der Waals surface area contributed by atoms with E-state index in [1.807, 2.05) is 13.0 Å². The van der Waals surface area contributed by atoms with Gasteiger partial charge in [-0.05, 0) is 24.6 Å². The van der Waals surface area contributed by atoms with Crippen molar-refractivity contribution >= 4 is 27.5 Å². The van der Waals surface area contributed by atoms with E-state index in [2.05, 4.69) is 20.9 Å². The van der Waals surface area contributed by atoms with E-state index < -0.39 is 4.32 Å². The molecule has 3 rings (SSSR count). The standard InChI is InChI=1S/C15H10BrNO2/c1-9-6-7-17-12(8-9)15(16)13(18)10-4-2-3-5-11(10)14(15)19/h2-8H,1H3. The Morgan fingerprint density at radius 1 is 1.05 bits per heavy atom. The van der Waals surface area contributed by atoms with Crippen molar-refractivity contribution in [3.8, 4) is 0 Å². The average Bonchev–Trinajstić information content (AvgIpc) is 2.63. The van der Waals surface area contributed by atoms with Crippen LogP contribution < -0.4 is 0 Å². The summed E-state index contributed by atoms with van der Waals surface area (Å²) in [5, 5.41) is 0. The zero-order chi connectivity index (χ0) is 13.6. The van der Waals surface area contributed by atoms with Crippen LogP contribution in [0.2, 0.25) is 0 Å². The van der Waals surface area contributed by atoms with E-state index in [1.54, 1.807) is 36.5 Å². The maximum atomic E-state index is 12.5. The number of aromatic nitrogens is 1. The molecule has 0 spiro atoms. The molecule has 3 nitrogen and oxygen atoms in total. The van der Waals surface area contributed by atoms with Crippen LogP contribution in [0, 0.1) is 6.92 Å². The summed E-state index contributed by atoms with van der Waals surface area (Å²) in [4.78, 5) is 29.3. The van der Waals surface area contributed by atoms with Crippen molar-refractivity contribution in [2.75, 3.05) is 0 Å². The Morgan fingerprint density at radius 2 is 1.63 bits per heavy atom. The quantitative estimate of drug-likeness (QED) is 0.600. The fourth-order valence-electron chi connectivity index (χ4n) is 2.31. The number of hydrogen-bond donors (Lipinski definition) is 0. The second-order valence-corrected chi connectivity index (χ2v) is 5.77. The lowest BCUT2D eigenvalue weighted by Crippen LogP contribution is -2.32. The summed E-state index contributed by atoms with van der Waals surface area (Å²) in [6.07, 6.45) is 1.61. The van der Waals surface area contributed by atoms with Gasteiger partial charge in [0.05, 0.1) is 5.69 Å². The molecule has 1 aromatic carbocycles. The summed E-state index contributed by atoms with van der Waals surface area (Å²) in [5.74, 6) is -0.489. The van der Waals surface area contributed by atoms with Crippen LogP contribution in [0.5, 0.6) is 0 Å². The van der Waals surface area contributed by atoms with Crippen molar-refractivity contribution in [2.24, 2.45) is 0 Å². The third-order valence-electron chi connectivity index (χ3n) is 3.31. The molecule has 1 heterocycles. The summed E-state index contributed by atoms with van der Waals surface area (Å²) in [5.41, 5.74) is 2.31. The first-order valence-electron chi connectivity index (χ1n) is 5.86. The van der Waals surface area contributed by atoms with Gasteiger partial charge in [0.2, 0.25) is 0 Å². The molecule has 2 aromatic rings. The molecule has 0 atom stereocenters. The number of alkyl halides is 1. The monoisotopic (exact) mass is 315 g/mol. The molecule has 0 aliphatic heterocycles. The second kappa shape index (κ2) is 4.10. The predicted molar refractivity (Wildman–Crippen MR) is 74.7 cm³/mol. The Hall–Kier alpha value is -1.81. The molecular formula is C15H10BrNO2. The third kappa shape index (κ3) is 1.60. The molecule has 0 bridgehead atoms. The molecule has 4 heteroatoms. The number of pyridine rings is 1. The highest BCUT2D eigenvalue weighted by Gasteiger charge is 2.53. The number of benzene rings is 1. The molecule has 0 fully saturated rings. The minimum absolute atomic E-state index is 0.244. The molecule has 0 N–H and O–H groups in total. The van der Waals surface area contributed by atoms with E-state index in [9.17, 15) is 9.59 Å². The first-order valence-corrected chi connectivity index (χ1v) is 6.65. The van der Waals surface area contributed by atoms with Crippen molar-refractivity contribution in [1.29, 1.82) is 0 Å². The van der Waals surface area contributed by atoms with E-state index in [0.29, 0.717) is 16.8 Å². The molecular weight excluding hydrogens is 306 g/mol. The molecule has 94 valence electrons. The fourth-order valence-corrected chi connectivity index (χ4v) is 2.95. The maximum Gasteiger partial charge on any atom is 0.194 e. The minimum atomic E-state index is -1.37. The number of carbonyl (C=O) groups is 2. The van der Waals surface area contributed by atoms with Gasteiger partial charge >= 0.3 is 0 Å². The van der Waals surface area contributed by atoms with Crippen molar-refractivity contribution < 1.29 is 9.59 Å². The van der Waals surface area contributed by atoms with Crippen molar-refractivity contribution in [1.82, 2.24) is 4.98 Å². The largest absolute Gasteiger partial charge is 0.292 e. The van der Waals surface area contributed by atoms with Gasteiger partial charge in [0, 0.05) is 17.3 Å². The molecule has 1 aromatic heterocycles. The minimum Gasteiger partial charge on any atom is -0.292 e. The van der Waals surface area contributed by atoms with Gasteiger partial charge in [-0.3, -0.25) is 14.6 Å². The Kier molecular flexibility index (Phi) is 2.64. The summed E-state index contributed by atoms with van der Waals surface area (Å²) in [6, 6.07) is 10.5. The molecule has 1 aliphatic carbocycles. The zero-order valence-corrected chi connectivity index (χ0v) is 11.8. The second-order valence-electron chi connectivity index (χ2n) is 4.58. The van der Waals surface area contributed by atoms with Crippen LogP contribution in [-0.2, 0) is 4.32 Å². The number of fused-ring (bicyclic) bond motifs is 1. The van der Waals surface area contributed by atoms with Crippen LogP contribution in [0.25, 0.3) is 0 Å². The Morgan fingerprint density at radius 3 is 2.16 bits per heavy atom. The van der Waals surface area contributed by atoms with Gasteiger partial charge in [0.1, 0.15) is 0 Å². The third-order valence-corrected chi connectivity index (χ3v) is 4.44. The summed E-state index contributed by atoms with van der Waals surface area (Å²) in [7, 11) is 0. The van der Waals surface area contributed by atoms with Crippen LogP contribution >= 0.6 is 15.9 Å². The SMILES string of the molecule is Cc1ccnc(C2(Br)C(=O)c3ccccc3C2=O)c1. The summed E-state index contributed by atoms with van der Waals surface area (Å²) >= 11 is 3.34. The topological polar surface area (TPSA) is 47.0 Å². The van der Waals surface area contributed by atoms with Crippen LogP contribution in [0.3, 0.4) is 0 Å². The van der Waals surface area contributed by atoms with E-state index in [1.165, 1.54) is 0 Å². The van der Waals surface area contributed by atoms with Crippen molar-refractivity contribution in [2.45, 2.75) is 11.2 Å². The maximum absolute atomic E-state index is 12.5. The first-order chi connectivity index (χ1) is 9.05. The number of hydrogen-bond acceptors (Lipinski definition) is 3. The van der Waals surface area contributed by atoms with Crippen LogP contribution in [0.4, 0.5) is 0 Å². The van der Waals surface area contributed by atoms with E-state index in [-0.39, 0.29) is 11.6 Å². The van der Waals surface area contributed by atoms with Gasteiger partial charge in [-0.1, -0.05) is 40.2 Å². The summed E-state index contributed by atoms with van der Waals surface area (Å²) < 4.78 is -1.37. The first kappa shape index (κ1) is 12.2. The van der Waals surface area contributed by atoms with Gasteiger partial charge in [0.15, 0.2) is 15.9 Å². The molecule has 1 aliphatic rings. The van der Waals surface area contributed by atoms with Crippen molar-refractivity contribution in [3.05, 3.63) is 65.0 Å². The molecule has 0 saturated heterocycles. The number of ketones is 2. The highest BCUT2D eigenvalue weighted by atomic mass is 79.9. The molecule has 19 heavy (non-hydrogen) atoms. The van der Waals surface area contributed by atoms with E-state index >= 15 is 0 Å². The highest BCUT2D eigenvalue weighted by Crippen LogP contribution is 2.43. The van der Waals surface area contributed by atoms with Crippen molar-refractivity contribution in [3.63, 3.8) is 0 Å². The number of Topliss-reactive ketones (excluding diaryl/α,β-unsaturated/α-hetero) is 2. The zero-order valence-electron chi connectivity index (χ0n) is 10.2. The number of aryl methyl sites for hydroxylation is 1. The number of nitrogens with zero attached hydrogens (tertiary/aromatic N) is 1. The van der Waals surface area contributed by atoms with E-state index in [0.717, 1.165) is 5.56 Å². The predicted octanol–water partition coefficient (Wildman–Crippen LogP) is 3.06. The lowest BCUT2D eigenvalue weighted by Gasteiger charge is -2.17. The lowest BCUT2D eigenvalue weighted by molar-refractivity contribution is 0.0869. The Labute approximate surface area is 118 Å². The number of rotatable bonds is 1. The Bertz CT molecular complexity index is 674. The fraction of sp³-hybridized carbons (Fsp3) is 0.133. The van der Waals surface area contributed by atoms with Crippen LogP contribution in [-0.4, -0.2) is 16.6 Å². The van der Waals surface area contributed by atoms with Gasteiger partial charge in [-0.2, -0.15) is 0 Å². The van der Waals surface area contributed by atoms with Gasteiger partial charge in [0.25, 0.3) is 0 Å². The van der Waals surface area contributed by atoms with Gasteiger partial charge < -0.3 is 0 Å². The Balaban J connectivity index is 2.23. The molecule has 0 unspecified atom stereocenters. The molecule has 0 saturated carbocycles. The highest BCUT2D eigenvalue weighted by molar-refractivity contribution is 9.10. The smallest absolute Gasteiger partial charge is 0.194 e. The number of carbonyl (C=O) groups excluding carboxylic acids is 2. The van der Waals surface area contributed by atoms with E-state index in [4.69, 9.17) is 0 Å². The summed E-state index contributed by atoms with van der Waals surface area (Å²) in [6.45, 7) is 1.90.